The quantitative estimate of drug-likeness (QED) is 0.772. The summed E-state index contributed by atoms with van der Waals surface area (Å²) in [6.45, 7) is 10.4. The SMILES string of the molecule is C=C1NC=Cc2cc(Nc3cc(CC)ccn3)nc(NC(C)C)c21. The van der Waals surface area contributed by atoms with Crippen LogP contribution in [-0.2, 0) is 6.42 Å². The van der Waals surface area contributed by atoms with Crippen molar-refractivity contribution in [3.8, 4) is 0 Å². The highest BCUT2D eigenvalue weighted by Gasteiger charge is 2.17. The fourth-order valence-corrected chi connectivity index (χ4v) is 2.65. The second-order valence-electron chi connectivity index (χ2n) is 6.10. The lowest BCUT2D eigenvalue weighted by atomic mass is 10.0. The summed E-state index contributed by atoms with van der Waals surface area (Å²) in [5.74, 6) is 2.38. The van der Waals surface area contributed by atoms with Crippen LogP contribution < -0.4 is 16.0 Å². The first-order valence-corrected chi connectivity index (χ1v) is 8.22. The van der Waals surface area contributed by atoms with Crippen molar-refractivity contribution in [1.29, 1.82) is 0 Å². The van der Waals surface area contributed by atoms with E-state index < -0.39 is 0 Å². The molecule has 3 rings (SSSR count). The van der Waals surface area contributed by atoms with Gasteiger partial charge in [0.25, 0.3) is 0 Å². The molecule has 3 heterocycles. The molecule has 0 atom stereocenters. The van der Waals surface area contributed by atoms with Crippen molar-refractivity contribution < 1.29 is 0 Å². The number of nitrogens with zero attached hydrogens (tertiary/aromatic N) is 2. The summed E-state index contributed by atoms with van der Waals surface area (Å²) in [4.78, 5) is 9.11. The summed E-state index contributed by atoms with van der Waals surface area (Å²) < 4.78 is 0. The third-order valence-corrected chi connectivity index (χ3v) is 3.79. The number of fused-ring (bicyclic) bond motifs is 1. The van der Waals surface area contributed by atoms with Gasteiger partial charge >= 0.3 is 0 Å². The van der Waals surface area contributed by atoms with Crippen molar-refractivity contribution in [3.05, 3.63) is 53.9 Å². The van der Waals surface area contributed by atoms with Gasteiger partial charge in [-0.15, -0.1) is 0 Å². The molecule has 0 spiro atoms. The van der Waals surface area contributed by atoms with Crippen LogP contribution in [0.5, 0.6) is 0 Å². The molecule has 0 saturated heterocycles. The minimum absolute atomic E-state index is 0.275. The third-order valence-electron chi connectivity index (χ3n) is 3.79. The van der Waals surface area contributed by atoms with Gasteiger partial charge in [-0.05, 0) is 55.7 Å². The van der Waals surface area contributed by atoms with Gasteiger partial charge in [0.05, 0.1) is 0 Å². The van der Waals surface area contributed by atoms with E-state index in [9.17, 15) is 0 Å². The van der Waals surface area contributed by atoms with Gasteiger partial charge in [-0.25, -0.2) is 9.97 Å². The molecule has 5 nitrogen and oxygen atoms in total. The maximum absolute atomic E-state index is 4.73. The number of aryl methyl sites for hydroxylation is 1. The van der Waals surface area contributed by atoms with E-state index in [1.54, 1.807) is 0 Å². The minimum atomic E-state index is 0.275. The zero-order chi connectivity index (χ0) is 17.1. The molecule has 24 heavy (non-hydrogen) atoms. The second kappa shape index (κ2) is 6.74. The van der Waals surface area contributed by atoms with Crippen molar-refractivity contribution in [1.82, 2.24) is 15.3 Å². The van der Waals surface area contributed by atoms with E-state index in [2.05, 4.69) is 48.3 Å². The van der Waals surface area contributed by atoms with Crippen molar-refractivity contribution in [2.45, 2.75) is 33.2 Å². The van der Waals surface area contributed by atoms with Crippen molar-refractivity contribution in [3.63, 3.8) is 0 Å². The summed E-state index contributed by atoms with van der Waals surface area (Å²) in [7, 11) is 0. The number of nitrogens with one attached hydrogen (secondary N) is 3. The van der Waals surface area contributed by atoms with Gasteiger partial charge in [-0.2, -0.15) is 0 Å². The molecule has 5 heteroatoms. The average Bonchev–Trinajstić information content (AvgIpc) is 2.54. The van der Waals surface area contributed by atoms with Crippen LogP contribution in [0.4, 0.5) is 17.5 Å². The van der Waals surface area contributed by atoms with Crippen LogP contribution in [0.2, 0.25) is 0 Å². The summed E-state index contributed by atoms with van der Waals surface area (Å²) in [6.07, 6.45) is 6.71. The predicted molar refractivity (Wildman–Crippen MR) is 101 cm³/mol. The van der Waals surface area contributed by atoms with E-state index >= 15 is 0 Å². The Morgan fingerprint density at radius 3 is 2.83 bits per heavy atom. The summed E-state index contributed by atoms with van der Waals surface area (Å²) in [5.41, 5.74) is 4.17. The number of hydrogen-bond donors (Lipinski definition) is 3. The lowest BCUT2D eigenvalue weighted by Gasteiger charge is -2.21. The van der Waals surface area contributed by atoms with Gasteiger partial charge in [0.1, 0.15) is 17.5 Å². The van der Waals surface area contributed by atoms with E-state index in [4.69, 9.17) is 4.98 Å². The first-order chi connectivity index (χ1) is 11.6. The smallest absolute Gasteiger partial charge is 0.138 e. The number of pyridine rings is 2. The highest BCUT2D eigenvalue weighted by Crippen LogP contribution is 2.31. The molecule has 0 fully saturated rings. The first-order valence-electron chi connectivity index (χ1n) is 8.22. The van der Waals surface area contributed by atoms with Crippen LogP contribution in [0, 0.1) is 0 Å². The lowest BCUT2D eigenvalue weighted by Crippen LogP contribution is -2.18. The van der Waals surface area contributed by atoms with Crippen LogP contribution in [0.15, 0.2) is 37.2 Å². The molecule has 124 valence electrons. The number of aromatic nitrogens is 2. The molecule has 0 unspecified atom stereocenters. The number of anilines is 3. The first kappa shape index (κ1) is 16.1. The van der Waals surface area contributed by atoms with Gasteiger partial charge in [0, 0.05) is 29.7 Å². The Kier molecular flexibility index (Phi) is 4.51. The standard InChI is InChI=1S/C19H23N5/c1-5-14-6-8-21-16(10-14)23-17-11-15-7-9-20-13(4)18(15)19(24-17)22-12(2)3/h6-12,20H,4-5H2,1-3H3,(H2,21,22,23,24). The van der Waals surface area contributed by atoms with Crippen LogP contribution in [0.3, 0.4) is 0 Å². The average molecular weight is 321 g/mol. The zero-order valence-corrected chi connectivity index (χ0v) is 14.4. The van der Waals surface area contributed by atoms with E-state index in [1.165, 1.54) is 5.56 Å². The van der Waals surface area contributed by atoms with Crippen molar-refractivity contribution in [2.24, 2.45) is 0 Å². The topological polar surface area (TPSA) is 61.9 Å². The van der Waals surface area contributed by atoms with E-state index in [0.29, 0.717) is 0 Å². The fourth-order valence-electron chi connectivity index (χ4n) is 2.65. The molecule has 1 aliphatic rings. The second-order valence-corrected chi connectivity index (χ2v) is 6.10. The Balaban J connectivity index is 1.99. The maximum atomic E-state index is 4.73. The van der Waals surface area contributed by atoms with Gasteiger partial charge in [0.15, 0.2) is 0 Å². The molecule has 0 aliphatic carbocycles. The van der Waals surface area contributed by atoms with Gasteiger partial charge in [-0.1, -0.05) is 13.5 Å². The Labute approximate surface area is 142 Å². The molecule has 0 radical (unpaired) electrons. The molecule has 0 aromatic carbocycles. The molecule has 2 aromatic rings. The molecule has 2 aromatic heterocycles. The molecule has 3 N–H and O–H groups in total. The van der Waals surface area contributed by atoms with E-state index in [1.807, 2.05) is 36.7 Å². The van der Waals surface area contributed by atoms with Crippen LogP contribution >= 0.6 is 0 Å². The van der Waals surface area contributed by atoms with E-state index in [0.717, 1.165) is 40.7 Å². The van der Waals surface area contributed by atoms with Gasteiger partial charge < -0.3 is 16.0 Å². The maximum Gasteiger partial charge on any atom is 0.138 e. The van der Waals surface area contributed by atoms with Gasteiger partial charge in [-0.3, -0.25) is 0 Å². The highest BCUT2D eigenvalue weighted by molar-refractivity contribution is 5.84. The Bertz CT molecular complexity index is 792. The van der Waals surface area contributed by atoms with Crippen molar-refractivity contribution in [2.75, 3.05) is 10.6 Å². The van der Waals surface area contributed by atoms with Crippen LogP contribution in [0.25, 0.3) is 11.8 Å². The summed E-state index contributed by atoms with van der Waals surface area (Å²) in [5, 5.41) is 9.87. The summed E-state index contributed by atoms with van der Waals surface area (Å²) >= 11 is 0. The lowest BCUT2D eigenvalue weighted by molar-refractivity contribution is 0.887. The molecular weight excluding hydrogens is 298 g/mol. The molecule has 0 saturated carbocycles. The Hall–Kier alpha value is -2.82. The molecule has 0 bridgehead atoms. The zero-order valence-electron chi connectivity index (χ0n) is 14.4. The molecule has 0 amide bonds. The minimum Gasteiger partial charge on any atom is -0.367 e. The van der Waals surface area contributed by atoms with Crippen molar-refractivity contribution >= 4 is 29.2 Å². The van der Waals surface area contributed by atoms with E-state index in [-0.39, 0.29) is 6.04 Å². The predicted octanol–water partition coefficient (Wildman–Crippen LogP) is 4.15. The number of rotatable bonds is 5. The van der Waals surface area contributed by atoms with Gasteiger partial charge in [0.2, 0.25) is 0 Å². The Morgan fingerprint density at radius 1 is 1.25 bits per heavy atom. The Morgan fingerprint density at radius 2 is 2.08 bits per heavy atom. The highest BCUT2D eigenvalue weighted by atomic mass is 15.1. The largest absolute Gasteiger partial charge is 0.367 e. The van der Waals surface area contributed by atoms with Crippen LogP contribution in [-0.4, -0.2) is 16.0 Å². The normalized spacial score (nSPS) is 12.8. The third kappa shape index (κ3) is 3.40. The number of hydrogen-bond acceptors (Lipinski definition) is 5. The monoisotopic (exact) mass is 321 g/mol. The fraction of sp³-hybridized carbons (Fsp3) is 0.263. The van der Waals surface area contributed by atoms with Crippen LogP contribution in [0.1, 0.15) is 37.5 Å². The molecular formula is C19H23N5. The molecule has 1 aliphatic heterocycles. The summed E-state index contributed by atoms with van der Waals surface area (Å²) in [6, 6.07) is 6.36.